The minimum atomic E-state index is -0.392. The summed E-state index contributed by atoms with van der Waals surface area (Å²) in [4.78, 5) is 14.7. The molecule has 2 heterocycles. The molecule has 1 fully saturated rings. The number of morpholine rings is 1. The highest BCUT2D eigenvalue weighted by molar-refractivity contribution is 5.99. The third-order valence-corrected chi connectivity index (χ3v) is 6.14. The summed E-state index contributed by atoms with van der Waals surface area (Å²) < 4.78 is 16.7. The van der Waals surface area contributed by atoms with Crippen LogP contribution in [0.1, 0.15) is 49.6 Å². The summed E-state index contributed by atoms with van der Waals surface area (Å²) in [7, 11) is 0. The molecular formula is C30H36N4O4. The lowest BCUT2D eigenvalue weighted by atomic mass is 9.93. The average molecular weight is 517 g/mol. The van der Waals surface area contributed by atoms with Crippen LogP contribution >= 0.6 is 0 Å². The molecule has 4 rings (SSSR count). The van der Waals surface area contributed by atoms with Crippen LogP contribution in [0.5, 0.6) is 5.75 Å². The van der Waals surface area contributed by atoms with Crippen molar-refractivity contribution in [2.75, 3.05) is 50.1 Å². The predicted octanol–water partition coefficient (Wildman–Crippen LogP) is 5.43. The van der Waals surface area contributed by atoms with Crippen LogP contribution in [-0.4, -0.2) is 55.5 Å². The van der Waals surface area contributed by atoms with Gasteiger partial charge in [-0.25, -0.2) is 4.79 Å². The number of amides is 2. The maximum Gasteiger partial charge on any atom is 0.324 e. The number of nitrogens with one attached hydrogen (secondary N) is 2. The van der Waals surface area contributed by atoms with Crippen LogP contribution in [0.25, 0.3) is 0 Å². The van der Waals surface area contributed by atoms with Crippen LogP contribution in [-0.2, 0) is 10.2 Å². The Morgan fingerprint density at radius 2 is 1.74 bits per heavy atom. The number of aromatic nitrogens is 1. The van der Waals surface area contributed by atoms with E-state index in [1.165, 1.54) is 0 Å². The number of anilines is 2. The first-order valence-electron chi connectivity index (χ1n) is 13.0. The number of nitrogens with zero attached hydrogens (tertiary/aromatic N) is 2. The number of aryl methyl sites for hydroxylation is 1. The molecule has 0 radical (unpaired) electrons. The molecular weight excluding hydrogens is 480 g/mol. The first-order chi connectivity index (χ1) is 18.3. The van der Waals surface area contributed by atoms with Crippen molar-refractivity contribution in [2.45, 2.75) is 39.5 Å². The smallest absolute Gasteiger partial charge is 0.324 e. The van der Waals surface area contributed by atoms with Crippen LogP contribution in [0.15, 0.2) is 53.1 Å². The van der Waals surface area contributed by atoms with E-state index in [2.05, 4.69) is 32.5 Å². The molecule has 2 aromatic carbocycles. The molecule has 1 saturated heterocycles. The minimum Gasteiger partial charge on any atom is -0.493 e. The molecule has 8 heteroatoms. The number of carbonyl (C=O) groups excluding carboxylic acids is 1. The standard InChI is InChI=1S/C30H36N4O4/c1-22-20-24(10-13-26(22)37-17-5-14-34-15-18-36-19-16-34)7-6-23-8-11-25(12-9-23)31-29(35)32-28-21-27(38-33-28)30(2,3)4/h8-13,20-21H,5,14-19H2,1-4H3,(H2,31,32,33,35). The van der Waals surface area contributed by atoms with Crippen LogP contribution in [0.2, 0.25) is 0 Å². The third-order valence-electron chi connectivity index (χ3n) is 6.14. The highest BCUT2D eigenvalue weighted by Crippen LogP contribution is 2.24. The van der Waals surface area contributed by atoms with Gasteiger partial charge in [0.25, 0.3) is 0 Å². The van der Waals surface area contributed by atoms with Crippen LogP contribution in [0.3, 0.4) is 0 Å². The Morgan fingerprint density at radius 1 is 1.03 bits per heavy atom. The molecule has 0 spiro atoms. The van der Waals surface area contributed by atoms with Gasteiger partial charge in [0.1, 0.15) is 11.5 Å². The van der Waals surface area contributed by atoms with Crippen molar-refractivity contribution in [3.05, 3.63) is 71.0 Å². The number of rotatable bonds is 7. The summed E-state index contributed by atoms with van der Waals surface area (Å²) in [5, 5.41) is 9.38. The molecule has 1 aliphatic rings. The van der Waals surface area contributed by atoms with Crippen molar-refractivity contribution >= 4 is 17.5 Å². The van der Waals surface area contributed by atoms with E-state index < -0.39 is 6.03 Å². The monoisotopic (exact) mass is 516 g/mol. The molecule has 1 aliphatic heterocycles. The maximum atomic E-state index is 12.3. The maximum absolute atomic E-state index is 12.3. The van der Waals surface area contributed by atoms with E-state index in [0.717, 1.165) is 61.7 Å². The quantitative estimate of drug-likeness (QED) is 0.322. The fourth-order valence-electron chi connectivity index (χ4n) is 3.93. The van der Waals surface area contributed by atoms with Crippen molar-refractivity contribution in [3.8, 4) is 17.6 Å². The summed E-state index contributed by atoms with van der Waals surface area (Å²) in [5.74, 6) is 8.35. The zero-order chi connectivity index (χ0) is 27.0. The third kappa shape index (κ3) is 8.10. The van der Waals surface area contributed by atoms with E-state index in [4.69, 9.17) is 14.0 Å². The molecule has 0 atom stereocenters. The first kappa shape index (κ1) is 27.2. The topological polar surface area (TPSA) is 88.9 Å². The Bertz CT molecular complexity index is 1280. The van der Waals surface area contributed by atoms with Gasteiger partial charge in [-0.2, -0.15) is 0 Å². The van der Waals surface area contributed by atoms with Gasteiger partial charge in [-0.05, 0) is 61.4 Å². The van der Waals surface area contributed by atoms with Gasteiger partial charge in [-0.3, -0.25) is 10.2 Å². The second-order valence-corrected chi connectivity index (χ2v) is 10.4. The summed E-state index contributed by atoms with van der Waals surface area (Å²) in [6.45, 7) is 13.5. The van der Waals surface area contributed by atoms with Gasteiger partial charge in [0.05, 0.1) is 19.8 Å². The highest BCUT2D eigenvalue weighted by atomic mass is 16.5. The summed E-state index contributed by atoms with van der Waals surface area (Å²) in [6.07, 6.45) is 0.992. The second kappa shape index (κ2) is 12.6. The Labute approximate surface area is 224 Å². The number of carbonyl (C=O) groups is 1. The lowest BCUT2D eigenvalue weighted by Crippen LogP contribution is -2.37. The van der Waals surface area contributed by atoms with Crippen molar-refractivity contribution < 1.29 is 18.8 Å². The lowest BCUT2D eigenvalue weighted by Gasteiger charge is -2.26. The van der Waals surface area contributed by atoms with E-state index in [1.807, 2.05) is 70.2 Å². The van der Waals surface area contributed by atoms with Crippen LogP contribution < -0.4 is 15.4 Å². The summed E-state index contributed by atoms with van der Waals surface area (Å²) in [5.41, 5.74) is 3.31. The fourth-order valence-corrected chi connectivity index (χ4v) is 3.93. The van der Waals surface area contributed by atoms with Gasteiger partial charge in [0.15, 0.2) is 5.82 Å². The molecule has 0 unspecified atom stereocenters. The predicted molar refractivity (Wildman–Crippen MR) is 149 cm³/mol. The Balaban J connectivity index is 1.24. The lowest BCUT2D eigenvalue weighted by molar-refractivity contribution is 0.0358. The first-order valence-corrected chi connectivity index (χ1v) is 13.0. The van der Waals surface area contributed by atoms with E-state index in [-0.39, 0.29) is 5.41 Å². The number of ether oxygens (including phenoxy) is 2. The molecule has 0 saturated carbocycles. The average Bonchev–Trinajstić information content (AvgIpc) is 3.37. The number of benzene rings is 2. The zero-order valence-electron chi connectivity index (χ0n) is 22.6. The summed E-state index contributed by atoms with van der Waals surface area (Å²) >= 11 is 0. The Kier molecular flexibility index (Phi) is 9.06. The molecule has 0 aliphatic carbocycles. The zero-order valence-corrected chi connectivity index (χ0v) is 22.6. The number of hydrogen-bond acceptors (Lipinski definition) is 6. The van der Waals surface area contributed by atoms with E-state index in [1.54, 1.807) is 6.07 Å². The summed E-state index contributed by atoms with van der Waals surface area (Å²) in [6, 6.07) is 14.7. The normalized spacial score (nSPS) is 13.9. The van der Waals surface area contributed by atoms with Crippen molar-refractivity contribution in [2.24, 2.45) is 0 Å². The van der Waals surface area contributed by atoms with Gasteiger partial charge < -0.3 is 19.3 Å². The fraction of sp³-hybridized carbons (Fsp3) is 0.400. The van der Waals surface area contributed by atoms with Crippen molar-refractivity contribution in [3.63, 3.8) is 0 Å². The highest BCUT2D eigenvalue weighted by Gasteiger charge is 2.20. The van der Waals surface area contributed by atoms with Crippen LogP contribution in [0.4, 0.5) is 16.3 Å². The van der Waals surface area contributed by atoms with Crippen molar-refractivity contribution in [1.29, 1.82) is 0 Å². The molecule has 200 valence electrons. The van der Waals surface area contributed by atoms with Gasteiger partial charge in [0, 0.05) is 47.9 Å². The molecule has 3 aromatic rings. The second-order valence-electron chi connectivity index (χ2n) is 10.4. The molecule has 1 aromatic heterocycles. The molecule has 8 nitrogen and oxygen atoms in total. The van der Waals surface area contributed by atoms with Gasteiger partial charge in [-0.1, -0.05) is 37.8 Å². The van der Waals surface area contributed by atoms with Crippen LogP contribution in [0, 0.1) is 18.8 Å². The minimum absolute atomic E-state index is 0.183. The number of hydrogen-bond donors (Lipinski definition) is 2. The SMILES string of the molecule is Cc1cc(C#Cc2ccc(NC(=O)Nc3cc(C(C)(C)C)on3)cc2)ccc1OCCCN1CCOCC1. The van der Waals surface area contributed by atoms with E-state index in [9.17, 15) is 4.79 Å². The van der Waals surface area contributed by atoms with E-state index >= 15 is 0 Å². The van der Waals surface area contributed by atoms with E-state index in [0.29, 0.717) is 23.9 Å². The molecule has 2 N–H and O–H groups in total. The number of urea groups is 1. The Morgan fingerprint density at radius 3 is 2.42 bits per heavy atom. The Hall–Kier alpha value is -3.80. The molecule has 0 bridgehead atoms. The molecule has 2 amide bonds. The largest absolute Gasteiger partial charge is 0.493 e. The molecule has 38 heavy (non-hydrogen) atoms. The van der Waals surface area contributed by atoms with Gasteiger partial charge in [0.2, 0.25) is 0 Å². The van der Waals surface area contributed by atoms with Crippen molar-refractivity contribution in [1.82, 2.24) is 10.1 Å². The van der Waals surface area contributed by atoms with Gasteiger partial charge in [-0.15, -0.1) is 0 Å². The van der Waals surface area contributed by atoms with Gasteiger partial charge >= 0.3 is 6.03 Å².